The van der Waals surface area contributed by atoms with Gasteiger partial charge in [-0.15, -0.1) is 5.10 Å². The normalized spacial score (nSPS) is 14.3. The second-order valence-corrected chi connectivity index (χ2v) is 6.98. The molecule has 5 heterocycles. The van der Waals surface area contributed by atoms with Gasteiger partial charge in [0.15, 0.2) is 0 Å². The molecule has 0 aliphatic carbocycles. The molecule has 5 rings (SSSR count). The van der Waals surface area contributed by atoms with Crippen molar-refractivity contribution in [2.24, 2.45) is 0 Å². The minimum atomic E-state index is -0.381. The molecule has 1 aliphatic heterocycles. The zero-order valence-corrected chi connectivity index (χ0v) is 15.4. The standard InChI is InChI=1S/C19H16FN7O2/c1-11-14(18(29)25-9-12(10-25)15-5-4-13(20)7-21-15)8-22-27(11)19-23-17(28)16-3-2-6-26(16)24-19/h2-8,12H,9-10H2,1H3,(H,23,24,28). The molecule has 9 nitrogen and oxygen atoms in total. The van der Waals surface area contributed by atoms with Crippen molar-refractivity contribution in [1.82, 2.24) is 34.3 Å². The van der Waals surface area contributed by atoms with E-state index in [0.29, 0.717) is 29.9 Å². The van der Waals surface area contributed by atoms with Crippen LogP contribution in [0.5, 0.6) is 0 Å². The molecule has 4 aromatic heterocycles. The van der Waals surface area contributed by atoms with Gasteiger partial charge in [0.2, 0.25) is 5.95 Å². The number of H-pyrrole nitrogens is 1. The van der Waals surface area contributed by atoms with Crippen molar-refractivity contribution in [3.05, 3.63) is 76.0 Å². The smallest absolute Gasteiger partial charge is 0.276 e. The van der Waals surface area contributed by atoms with Crippen molar-refractivity contribution >= 4 is 11.4 Å². The second kappa shape index (κ2) is 6.36. The highest BCUT2D eigenvalue weighted by atomic mass is 19.1. The van der Waals surface area contributed by atoms with Crippen molar-refractivity contribution < 1.29 is 9.18 Å². The van der Waals surface area contributed by atoms with Crippen LogP contribution in [0.1, 0.15) is 27.7 Å². The molecule has 0 unspecified atom stereocenters. The largest absolute Gasteiger partial charge is 0.337 e. The Hall–Kier alpha value is -3.82. The van der Waals surface area contributed by atoms with Crippen molar-refractivity contribution in [2.75, 3.05) is 13.1 Å². The number of hydrogen-bond acceptors (Lipinski definition) is 5. The monoisotopic (exact) mass is 393 g/mol. The van der Waals surface area contributed by atoms with E-state index >= 15 is 0 Å². The molecule has 1 fully saturated rings. The van der Waals surface area contributed by atoms with E-state index < -0.39 is 0 Å². The summed E-state index contributed by atoms with van der Waals surface area (Å²) < 4.78 is 15.9. The lowest BCUT2D eigenvalue weighted by atomic mass is 9.95. The summed E-state index contributed by atoms with van der Waals surface area (Å²) in [5.41, 5.74) is 1.92. The maximum atomic E-state index is 13.0. The van der Waals surface area contributed by atoms with Crippen LogP contribution in [-0.4, -0.2) is 53.3 Å². The topological polar surface area (TPSA) is 101 Å². The second-order valence-electron chi connectivity index (χ2n) is 6.98. The fraction of sp³-hybridized carbons (Fsp3) is 0.211. The zero-order valence-electron chi connectivity index (χ0n) is 15.4. The van der Waals surface area contributed by atoms with E-state index in [-0.39, 0.29) is 29.1 Å². The third-order valence-corrected chi connectivity index (χ3v) is 5.17. The number of hydrogen-bond donors (Lipinski definition) is 1. The molecule has 1 N–H and O–H groups in total. The van der Waals surface area contributed by atoms with Gasteiger partial charge < -0.3 is 4.90 Å². The lowest BCUT2D eigenvalue weighted by Gasteiger charge is -2.38. The first-order chi connectivity index (χ1) is 14.0. The summed E-state index contributed by atoms with van der Waals surface area (Å²) in [6.45, 7) is 2.76. The first-order valence-corrected chi connectivity index (χ1v) is 9.04. The van der Waals surface area contributed by atoms with Gasteiger partial charge in [-0.25, -0.2) is 13.6 Å². The van der Waals surface area contributed by atoms with Crippen LogP contribution in [-0.2, 0) is 0 Å². The lowest BCUT2D eigenvalue weighted by molar-refractivity contribution is 0.0598. The summed E-state index contributed by atoms with van der Waals surface area (Å²) in [4.78, 5) is 33.5. The van der Waals surface area contributed by atoms with Crippen molar-refractivity contribution in [2.45, 2.75) is 12.8 Å². The van der Waals surface area contributed by atoms with Crippen LogP contribution in [0.3, 0.4) is 0 Å². The number of carbonyl (C=O) groups is 1. The van der Waals surface area contributed by atoms with Crippen LogP contribution >= 0.6 is 0 Å². The van der Waals surface area contributed by atoms with Crippen LogP contribution in [0, 0.1) is 12.7 Å². The molecule has 0 spiro atoms. The summed E-state index contributed by atoms with van der Waals surface area (Å²) in [7, 11) is 0. The van der Waals surface area contributed by atoms with Crippen molar-refractivity contribution in [1.29, 1.82) is 0 Å². The van der Waals surface area contributed by atoms with Gasteiger partial charge in [0.25, 0.3) is 11.5 Å². The molecule has 0 saturated carbocycles. The number of pyridine rings is 1. The highest BCUT2D eigenvalue weighted by Crippen LogP contribution is 2.27. The number of likely N-dealkylation sites (tertiary alicyclic amines) is 1. The predicted octanol–water partition coefficient (Wildman–Crippen LogP) is 1.29. The number of aromatic nitrogens is 6. The Kier molecular flexibility index (Phi) is 3.79. The Bertz CT molecular complexity index is 1280. The number of rotatable bonds is 3. The zero-order chi connectivity index (χ0) is 20.1. The number of carbonyl (C=O) groups excluding carboxylic acids is 1. The van der Waals surface area contributed by atoms with Crippen molar-refractivity contribution in [3.63, 3.8) is 0 Å². The van der Waals surface area contributed by atoms with Gasteiger partial charge in [-0.05, 0) is 31.2 Å². The van der Waals surface area contributed by atoms with Gasteiger partial charge in [0, 0.05) is 30.9 Å². The molecular weight excluding hydrogens is 377 g/mol. The molecule has 10 heteroatoms. The predicted molar refractivity (Wildman–Crippen MR) is 101 cm³/mol. The highest BCUT2D eigenvalue weighted by molar-refractivity contribution is 5.95. The number of nitrogens with one attached hydrogen (secondary N) is 1. The van der Waals surface area contributed by atoms with Crippen LogP contribution in [0.2, 0.25) is 0 Å². The van der Waals surface area contributed by atoms with E-state index in [2.05, 4.69) is 20.2 Å². The SMILES string of the molecule is Cc1c(C(=O)N2CC(c3ccc(F)cn3)C2)cnn1-c1nn2cccc2c(=O)[nH]1. The number of halogens is 1. The van der Waals surface area contributed by atoms with E-state index in [1.807, 2.05) is 0 Å². The Labute approximate surface area is 163 Å². The van der Waals surface area contributed by atoms with Crippen molar-refractivity contribution in [3.8, 4) is 5.95 Å². The summed E-state index contributed by atoms with van der Waals surface area (Å²) in [6, 6.07) is 6.40. The fourth-order valence-electron chi connectivity index (χ4n) is 3.49. The molecule has 1 aliphatic rings. The van der Waals surface area contributed by atoms with Gasteiger partial charge in [0.05, 0.1) is 23.7 Å². The van der Waals surface area contributed by atoms with E-state index in [9.17, 15) is 14.0 Å². The Balaban J connectivity index is 1.37. The van der Waals surface area contributed by atoms with Crippen LogP contribution < -0.4 is 5.56 Å². The summed E-state index contributed by atoms with van der Waals surface area (Å²) >= 11 is 0. The van der Waals surface area contributed by atoms with Crippen LogP contribution in [0.25, 0.3) is 11.5 Å². The number of aromatic amines is 1. The first kappa shape index (κ1) is 17.3. The lowest BCUT2D eigenvalue weighted by Crippen LogP contribution is -2.48. The van der Waals surface area contributed by atoms with Gasteiger partial charge >= 0.3 is 0 Å². The molecular formula is C19H16FN7O2. The highest BCUT2D eigenvalue weighted by Gasteiger charge is 2.34. The summed E-state index contributed by atoms with van der Waals surface area (Å²) in [5.74, 6) is -0.221. The molecule has 146 valence electrons. The van der Waals surface area contributed by atoms with Crippen LogP contribution in [0.4, 0.5) is 4.39 Å². The molecule has 1 amide bonds. The van der Waals surface area contributed by atoms with E-state index in [0.717, 1.165) is 5.69 Å². The van der Waals surface area contributed by atoms with Gasteiger partial charge in [-0.1, -0.05) is 0 Å². The number of amides is 1. The summed E-state index contributed by atoms with van der Waals surface area (Å²) in [6.07, 6.45) is 4.33. The van der Waals surface area contributed by atoms with Crippen LogP contribution in [0.15, 0.2) is 47.7 Å². The number of nitrogens with zero attached hydrogens (tertiary/aromatic N) is 6. The third-order valence-electron chi connectivity index (χ3n) is 5.17. The Morgan fingerprint density at radius 1 is 1.24 bits per heavy atom. The maximum absolute atomic E-state index is 13.0. The number of fused-ring (bicyclic) bond motifs is 1. The quantitative estimate of drug-likeness (QED) is 0.565. The van der Waals surface area contributed by atoms with Gasteiger partial charge in [-0.3, -0.25) is 19.6 Å². The fourth-order valence-corrected chi connectivity index (χ4v) is 3.49. The average molecular weight is 393 g/mol. The minimum absolute atomic E-state index is 0.0871. The Morgan fingerprint density at radius 3 is 2.83 bits per heavy atom. The van der Waals surface area contributed by atoms with Gasteiger partial charge in [-0.2, -0.15) is 5.10 Å². The summed E-state index contributed by atoms with van der Waals surface area (Å²) in [5, 5.41) is 8.57. The van der Waals surface area contributed by atoms with Gasteiger partial charge in [0.1, 0.15) is 11.3 Å². The molecule has 0 atom stereocenters. The molecule has 0 bridgehead atoms. The molecule has 1 saturated heterocycles. The minimum Gasteiger partial charge on any atom is -0.337 e. The first-order valence-electron chi connectivity index (χ1n) is 9.04. The van der Waals surface area contributed by atoms with E-state index in [4.69, 9.17) is 0 Å². The molecule has 29 heavy (non-hydrogen) atoms. The maximum Gasteiger partial charge on any atom is 0.276 e. The molecule has 4 aromatic rings. The third kappa shape index (κ3) is 2.80. The average Bonchev–Trinajstić information content (AvgIpc) is 3.28. The molecule has 0 aromatic carbocycles. The molecule has 0 radical (unpaired) electrons. The van der Waals surface area contributed by atoms with E-state index in [1.54, 1.807) is 36.2 Å². The Morgan fingerprint density at radius 2 is 2.07 bits per heavy atom. The van der Waals surface area contributed by atoms with E-state index in [1.165, 1.54) is 27.7 Å².